The van der Waals surface area contributed by atoms with E-state index < -0.39 is 72.6 Å². The number of aliphatic carboxylic acids is 1. The van der Waals surface area contributed by atoms with Gasteiger partial charge in [0.1, 0.15) is 35.7 Å². The van der Waals surface area contributed by atoms with Crippen LogP contribution in [-0.2, 0) is 48.0 Å². The third-order valence-corrected chi connectivity index (χ3v) is 7.46. The number of hydrogen-bond donors (Lipinski definition) is 9. The lowest BCUT2D eigenvalue weighted by Crippen LogP contribution is -2.59. The molecule has 0 aliphatic rings. The predicted molar refractivity (Wildman–Crippen MR) is 177 cm³/mol. The van der Waals surface area contributed by atoms with E-state index in [-0.39, 0.29) is 30.8 Å². The van der Waals surface area contributed by atoms with Gasteiger partial charge in [-0.2, -0.15) is 0 Å². The third kappa shape index (κ3) is 12.6. The maximum atomic E-state index is 13.9. The molecule has 260 valence electrons. The Kier molecular flexibility index (Phi) is 14.1. The lowest BCUT2D eigenvalue weighted by molar-refractivity contribution is -0.141. The smallest absolute Gasteiger partial charge is 0.305 e. The minimum absolute atomic E-state index is 0.0298. The van der Waals surface area contributed by atoms with E-state index in [2.05, 4.69) is 21.3 Å². The number of nitrogens with two attached hydrogens (primary N) is 2. The van der Waals surface area contributed by atoms with Crippen molar-refractivity contribution in [1.82, 2.24) is 21.3 Å². The van der Waals surface area contributed by atoms with E-state index >= 15 is 0 Å². The van der Waals surface area contributed by atoms with Crippen molar-refractivity contribution < 1.29 is 44.1 Å². The van der Waals surface area contributed by atoms with Crippen LogP contribution in [-0.4, -0.2) is 81.5 Å². The number of amides is 5. The average molecular weight is 677 g/mol. The quantitative estimate of drug-likeness (QED) is 0.0824. The standard InChI is InChI=1S/C34H40N6O9/c35-19-29(43)37-28(18-30(44)45)34(49)40-27(17-22-8-13-24(42)14-9-22)33(48)39-26(16-21-6-11-23(41)12-7-21)32(47)38-25(31(36)46)15-10-20-4-2-1-3-5-20/h1-9,11-14,25-28,41-42H,10,15-19,35H2,(H2,36,46)(H,37,43)(H,38,47)(H,39,48)(H,40,49)(H,44,45). The summed E-state index contributed by atoms with van der Waals surface area (Å²) in [5, 5.41) is 38.7. The van der Waals surface area contributed by atoms with Gasteiger partial charge in [-0.25, -0.2) is 0 Å². The van der Waals surface area contributed by atoms with Crippen molar-refractivity contribution in [2.75, 3.05) is 6.54 Å². The molecular formula is C34H40N6O9. The molecule has 0 fully saturated rings. The maximum Gasteiger partial charge on any atom is 0.305 e. The number of rotatable bonds is 18. The Morgan fingerprint density at radius 2 is 1.04 bits per heavy atom. The molecule has 4 unspecified atom stereocenters. The molecular weight excluding hydrogens is 636 g/mol. The van der Waals surface area contributed by atoms with Crippen molar-refractivity contribution in [3.63, 3.8) is 0 Å². The van der Waals surface area contributed by atoms with E-state index in [1.165, 1.54) is 48.5 Å². The summed E-state index contributed by atoms with van der Waals surface area (Å²) < 4.78 is 0. The van der Waals surface area contributed by atoms with Gasteiger partial charge in [-0.05, 0) is 53.8 Å². The highest BCUT2D eigenvalue weighted by molar-refractivity contribution is 5.96. The zero-order chi connectivity index (χ0) is 35.9. The van der Waals surface area contributed by atoms with E-state index in [1.807, 2.05) is 30.3 Å². The molecule has 49 heavy (non-hydrogen) atoms. The Morgan fingerprint density at radius 3 is 1.47 bits per heavy atom. The molecule has 0 saturated carbocycles. The Bertz CT molecular complexity index is 1600. The first-order valence-corrected chi connectivity index (χ1v) is 15.4. The first kappa shape index (κ1) is 37.5. The largest absolute Gasteiger partial charge is 0.508 e. The Labute approximate surface area is 282 Å². The second-order valence-electron chi connectivity index (χ2n) is 11.3. The van der Waals surface area contributed by atoms with Gasteiger partial charge < -0.3 is 48.1 Å². The third-order valence-electron chi connectivity index (χ3n) is 7.46. The number of benzene rings is 3. The van der Waals surface area contributed by atoms with E-state index in [1.54, 1.807) is 0 Å². The van der Waals surface area contributed by atoms with Crippen LogP contribution in [0, 0.1) is 0 Å². The molecule has 0 bridgehead atoms. The predicted octanol–water partition coefficient (Wildman–Crippen LogP) is -0.626. The molecule has 0 aromatic heterocycles. The van der Waals surface area contributed by atoms with Gasteiger partial charge in [0.25, 0.3) is 0 Å². The molecule has 0 radical (unpaired) electrons. The number of aromatic hydroxyl groups is 2. The maximum absolute atomic E-state index is 13.9. The summed E-state index contributed by atoms with van der Waals surface area (Å²) in [7, 11) is 0. The van der Waals surface area contributed by atoms with Crippen LogP contribution in [0.25, 0.3) is 0 Å². The topological polar surface area (TPSA) is 263 Å². The van der Waals surface area contributed by atoms with E-state index in [0.29, 0.717) is 17.5 Å². The van der Waals surface area contributed by atoms with Gasteiger partial charge in [-0.1, -0.05) is 54.6 Å². The van der Waals surface area contributed by atoms with Gasteiger partial charge in [-0.15, -0.1) is 0 Å². The van der Waals surface area contributed by atoms with Crippen molar-refractivity contribution in [2.24, 2.45) is 11.5 Å². The number of nitrogens with one attached hydrogen (secondary N) is 4. The first-order chi connectivity index (χ1) is 23.3. The van der Waals surface area contributed by atoms with Gasteiger partial charge >= 0.3 is 5.97 Å². The molecule has 4 atom stereocenters. The molecule has 3 aromatic carbocycles. The van der Waals surface area contributed by atoms with E-state index in [0.717, 1.165) is 5.56 Å². The molecule has 0 aliphatic carbocycles. The van der Waals surface area contributed by atoms with Crippen LogP contribution < -0.4 is 32.7 Å². The SMILES string of the molecule is NCC(=O)NC(CC(=O)O)C(=O)NC(Cc1ccc(O)cc1)C(=O)NC(Cc1ccc(O)cc1)C(=O)NC(CCc1ccccc1)C(N)=O. The molecule has 15 heteroatoms. The summed E-state index contributed by atoms with van der Waals surface area (Å²) in [6.45, 7) is -0.521. The Hall–Kier alpha value is -5.96. The highest BCUT2D eigenvalue weighted by Gasteiger charge is 2.32. The molecule has 3 aromatic rings. The number of hydrogen-bond acceptors (Lipinski definition) is 9. The van der Waals surface area contributed by atoms with Gasteiger partial charge in [0.15, 0.2) is 0 Å². The number of carbonyl (C=O) groups excluding carboxylic acids is 5. The van der Waals surface area contributed by atoms with Crippen LogP contribution >= 0.6 is 0 Å². The Morgan fingerprint density at radius 1 is 0.592 bits per heavy atom. The highest BCUT2D eigenvalue weighted by atomic mass is 16.4. The fourth-order valence-electron chi connectivity index (χ4n) is 4.85. The second-order valence-corrected chi connectivity index (χ2v) is 11.3. The molecule has 0 spiro atoms. The number of carboxylic acids is 1. The number of carboxylic acid groups (broad SMARTS) is 1. The summed E-state index contributed by atoms with van der Waals surface area (Å²) >= 11 is 0. The molecule has 0 saturated heterocycles. The van der Waals surface area contributed by atoms with Crippen molar-refractivity contribution in [1.29, 1.82) is 0 Å². The van der Waals surface area contributed by atoms with E-state index in [9.17, 15) is 44.1 Å². The summed E-state index contributed by atoms with van der Waals surface area (Å²) in [6.07, 6.45) is -0.492. The second kappa shape index (κ2) is 18.4. The van der Waals surface area contributed by atoms with Gasteiger partial charge in [-0.3, -0.25) is 28.8 Å². The molecule has 11 N–H and O–H groups in total. The number of primary amides is 1. The van der Waals surface area contributed by atoms with Gasteiger partial charge in [0, 0.05) is 12.8 Å². The van der Waals surface area contributed by atoms with Gasteiger partial charge in [0.2, 0.25) is 29.5 Å². The van der Waals surface area contributed by atoms with Crippen molar-refractivity contribution in [3.05, 3.63) is 95.6 Å². The van der Waals surface area contributed by atoms with Crippen LogP contribution in [0.3, 0.4) is 0 Å². The molecule has 0 aliphatic heterocycles. The van der Waals surface area contributed by atoms with Crippen LogP contribution in [0.1, 0.15) is 29.5 Å². The highest BCUT2D eigenvalue weighted by Crippen LogP contribution is 2.14. The number of carbonyl (C=O) groups is 6. The summed E-state index contributed by atoms with van der Waals surface area (Å²) in [6, 6.07) is 15.4. The van der Waals surface area contributed by atoms with E-state index in [4.69, 9.17) is 11.5 Å². The zero-order valence-electron chi connectivity index (χ0n) is 26.5. The first-order valence-electron chi connectivity index (χ1n) is 15.4. The van der Waals surface area contributed by atoms with Crippen molar-refractivity contribution in [2.45, 2.75) is 56.3 Å². The van der Waals surface area contributed by atoms with Gasteiger partial charge in [0.05, 0.1) is 13.0 Å². The molecule has 3 rings (SSSR count). The summed E-state index contributed by atoms with van der Waals surface area (Å²) in [4.78, 5) is 76.5. The number of phenols is 2. The van der Waals surface area contributed by atoms with Crippen LogP contribution in [0.5, 0.6) is 11.5 Å². The fraction of sp³-hybridized carbons (Fsp3) is 0.294. The minimum Gasteiger partial charge on any atom is -0.508 e. The molecule has 5 amide bonds. The normalized spacial score (nSPS) is 13.2. The monoisotopic (exact) mass is 676 g/mol. The lowest BCUT2D eigenvalue weighted by Gasteiger charge is -2.26. The van der Waals surface area contributed by atoms with Crippen LogP contribution in [0.15, 0.2) is 78.9 Å². The lowest BCUT2D eigenvalue weighted by atomic mass is 10.0. The Balaban J connectivity index is 1.89. The number of phenolic OH excluding ortho intramolecular Hbond substituents is 2. The van der Waals surface area contributed by atoms with Crippen LogP contribution in [0.2, 0.25) is 0 Å². The van der Waals surface area contributed by atoms with Crippen molar-refractivity contribution in [3.8, 4) is 11.5 Å². The summed E-state index contributed by atoms with van der Waals surface area (Å²) in [5.74, 6) is -5.70. The minimum atomic E-state index is -1.58. The van der Waals surface area contributed by atoms with Crippen LogP contribution in [0.4, 0.5) is 0 Å². The summed E-state index contributed by atoms with van der Waals surface area (Å²) in [5.41, 5.74) is 12.8. The molecule has 0 heterocycles. The molecule has 15 nitrogen and oxygen atoms in total. The fourth-order valence-corrected chi connectivity index (χ4v) is 4.85. The van der Waals surface area contributed by atoms with Crippen molar-refractivity contribution >= 4 is 35.5 Å². The average Bonchev–Trinajstić information content (AvgIpc) is 3.07. The zero-order valence-corrected chi connectivity index (χ0v) is 26.5. The number of aryl methyl sites for hydroxylation is 1.